The third kappa shape index (κ3) is 2.40. The molecule has 2 rings (SSSR count). The maximum Gasteiger partial charge on any atom is 0.247 e. The maximum atomic E-state index is 10.9. The van der Waals surface area contributed by atoms with Gasteiger partial charge in [-0.15, -0.1) is 0 Å². The number of aromatic amines is 1. The fourth-order valence-corrected chi connectivity index (χ4v) is 1.74. The lowest BCUT2D eigenvalue weighted by atomic mass is 10.0. The van der Waals surface area contributed by atoms with Crippen LogP contribution >= 0.6 is 0 Å². The van der Waals surface area contributed by atoms with Gasteiger partial charge in [0.1, 0.15) is 0 Å². The molecule has 0 saturated carbocycles. The van der Waals surface area contributed by atoms with Gasteiger partial charge in [-0.25, -0.2) is 0 Å². The van der Waals surface area contributed by atoms with Crippen molar-refractivity contribution < 1.29 is 0 Å². The third-order valence-electron chi connectivity index (χ3n) is 2.61. The normalized spacial score (nSPS) is 10.3. The Balaban J connectivity index is 2.27. The quantitative estimate of drug-likeness (QED) is 0.835. The summed E-state index contributed by atoms with van der Waals surface area (Å²) in [6.45, 7) is 2.18. The SMILES string of the molecule is CCCc1ccc(-c2ccc(=O)[nH]c2)cc1. The highest BCUT2D eigenvalue weighted by atomic mass is 16.1. The Labute approximate surface area is 95.0 Å². The predicted octanol–water partition coefficient (Wildman–Crippen LogP) is 2.99. The van der Waals surface area contributed by atoms with E-state index in [-0.39, 0.29) is 5.56 Å². The van der Waals surface area contributed by atoms with Crippen molar-refractivity contribution in [2.75, 3.05) is 0 Å². The van der Waals surface area contributed by atoms with Crippen LogP contribution in [0.15, 0.2) is 47.4 Å². The number of H-pyrrole nitrogens is 1. The summed E-state index contributed by atoms with van der Waals surface area (Å²) in [4.78, 5) is 13.6. The van der Waals surface area contributed by atoms with Crippen LogP contribution in [0.5, 0.6) is 0 Å². The van der Waals surface area contributed by atoms with Crippen molar-refractivity contribution in [1.29, 1.82) is 0 Å². The lowest BCUT2D eigenvalue weighted by molar-refractivity contribution is 0.922. The van der Waals surface area contributed by atoms with E-state index in [0.717, 1.165) is 24.0 Å². The molecule has 1 N–H and O–H groups in total. The number of nitrogens with one attached hydrogen (secondary N) is 1. The van der Waals surface area contributed by atoms with Gasteiger partial charge in [-0.2, -0.15) is 0 Å². The molecule has 0 unspecified atom stereocenters. The Bertz CT molecular complexity index is 491. The van der Waals surface area contributed by atoms with Crippen LogP contribution in [0.2, 0.25) is 0 Å². The van der Waals surface area contributed by atoms with Crippen LogP contribution in [0.25, 0.3) is 11.1 Å². The predicted molar refractivity (Wildman–Crippen MR) is 66.5 cm³/mol. The number of aromatic nitrogens is 1. The van der Waals surface area contributed by atoms with E-state index in [1.165, 1.54) is 5.56 Å². The average Bonchev–Trinajstić information content (AvgIpc) is 2.32. The van der Waals surface area contributed by atoms with Gasteiger partial charge in [-0.05, 0) is 29.2 Å². The van der Waals surface area contributed by atoms with Crippen LogP contribution in [0, 0.1) is 0 Å². The smallest absolute Gasteiger partial charge is 0.247 e. The van der Waals surface area contributed by atoms with Crippen LogP contribution in [-0.4, -0.2) is 4.98 Å². The second kappa shape index (κ2) is 4.79. The van der Waals surface area contributed by atoms with E-state index in [4.69, 9.17) is 0 Å². The molecule has 0 radical (unpaired) electrons. The zero-order chi connectivity index (χ0) is 11.4. The molecule has 2 nitrogen and oxygen atoms in total. The summed E-state index contributed by atoms with van der Waals surface area (Å²) in [6, 6.07) is 11.9. The highest BCUT2D eigenvalue weighted by Crippen LogP contribution is 2.18. The van der Waals surface area contributed by atoms with E-state index >= 15 is 0 Å². The minimum atomic E-state index is -0.0636. The average molecular weight is 213 g/mol. The molecule has 0 spiro atoms. The van der Waals surface area contributed by atoms with Crippen molar-refractivity contribution in [1.82, 2.24) is 4.98 Å². The fraction of sp³-hybridized carbons (Fsp3) is 0.214. The molecular weight excluding hydrogens is 198 g/mol. The molecule has 0 amide bonds. The van der Waals surface area contributed by atoms with E-state index in [1.807, 2.05) is 6.07 Å². The summed E-state index contributed by atoms with van der Waals surface area (Å²) in [6.07, 6.45) is 4.03. The van der Waals surface area contributed by atoms with Crippen molar-refractivity contribution in [3.63, 3.8) is 0 Å². The van der Waals surface area contributed by atoms with Crippen LogP contribution in [-0.2, 0) is 6.42 Å². The number of benzene rings is 1. The van der Waals surface area contributed by atoms with Crippen molar-refractivity contribution in [3.8, 4) is 11.1 Å². The van der Waals surface area contributed by atoms with Gasteiger partial charge in [-0.1, -0.05) is 37.6 Å². The molecule has 0 saturated heterocycles. The van der Waals surface area contributed by atoms with Gasteiger partial charge in [0.2, 0.25) is 5.56 Å². The van der Waals surface area contributed by atoms with E-state index in [2.05, 4.69) is 36.2 Å². The van der Waals surface area contributed by atoms with Crippen LogP contribution in [0.1, 0.15) is 18.9 Å². The Morgan fingerprint density at radius 3 is 2.25 bits per heavy atom. The molecule has 82 valence electrons. The van der Waals surface area contributed by atoms with Crippen molar-refractivity contribution >= 4 is 0 Å². The largest absolute Gasteiger partial charge is 0.328 e. The first-order chi connectivity index (χ1) is 7.79. The first-order valence-electron chi connectivity index (χ1n) is 5.57. The fourth-order valence-electron chi connectivity index (χ4n) is 1.74. The molecule has 2 aromatic rings. The van der Waals surface area contributed by atoms with E-state index in [0.29, 0.717) is 0 Å². The lowest BCUT2D eigenvalue weighted by Gasteiger charge is -2.03. The van der Waals surface area contributed by atoms with Gasteiger partial charge in [0.05, 0.1) is 0 Å². The van der Waals surface area contributed by atoms with Crippen LogP contribution < -0.4 is 5.56 Å². The summed E-state index contributed by atoms with van der Waals surface area (Å²) >= 11 is 0. The third-order valence-corrected chi connectivity index (χ3v) is 2.61. The Morgan fingerprint density at radius 1 is 1.00 bits per heavy atom. The number of hydrogen-bond acceptors (Lipinski definition) is 1. The molecule has 2 heteroatoms. The number of aryl methyl sites for hydroxylation is 1. The van der Waals surface area contributed by atoms with E-state index in [9.17, 15) is 4.79 Å². The zero-order valence-corrected chi connectivity index (χ0v) is 9.36. The van der Waals surface area contributed by atoms with Gasteiger partial charge in [-0.3, -0.25) is 4.79 Å². The summed E-state index contributed by atoms with van der Waals surface area (Å²) in [5, 5.41) is 0. The molecule has 0 atom stereocenters. The standard InChI is InChI=1S/C14H15NO/c1-2-3-11-4-6-12(7-5-11)13-8-9-14(16)15-10-13/h4-10H,2-3H2,1H3,(H,15,16). The summed E-state index contributed by atoms with van der Waals surface area (Å²) in [5.41, 5.74) is 3.47. The van der Waals surface area contributed by atoms with Crippen molar-refractivity contribution in [2.45, 2.75) is 19.8 Å². The molecule has 0 aliphatic heterocycles. The summed E-state index contributed by atoms with van der Waals surface area (Å²) in [7, 11) is 0. The van der Waals surface area contributed by atoms with Crippen molar-refractivity contribution in [3.05, 3.63) is 58.5 Å². The summed E-state index contributed by atoms with van der Waals surface area (Å²) < 4.78 is 0. The molecule has 0 aliphatic carbocycles. The molecule has 0 aliphatic rings. The zero-order valence-electron chi connectivity index (χ0n) is 9.36. The van der Waals surface area contributed by atoms with Gasteiger partial charge in [0.25, 0.3) is 0 Å². The van der Waals surface area contributed by atoms with Gasteiger partial charge in [0.15, 0.2) is 0 Å². The molecule has 1 aromatic carbocycles. The molecule has 0 bridgehead atoms. The molecule has 16 heavy (non-hydrogen) atoms. The highest BCUT2D eigenvalue weighted by molar-refractivity contribution is 5.62. The monoisotopic (exact) mass is 213 g/mol. The number of rotatable bonds is 3. The Kier molecular flexibility index (Phi) is 3.20. The second-order valence-electron chi connectivity index (χ2n) is 3.89. The number of hydrogen-bond donors (Lipinski definition) is 1. The molecule has 0 fully saturated rings. The van der Waals surface area contributed by atoms with Gasteiger partial charge in [0, 0.05) is 12.3 Å². The molecular formula is C14H15NO. The second-order valence-corrected chi connectivity index (χ2v) is 3.89. The first-order valence-corrected chi connectivity index (χ1v) is 5.57. The molecule has 1 heterocycles. The van der Waals surface area contributed by atoms with E-state index < -0.39 is 0 Å². The van der Waals surface area contributed by atoms with Gasteiger partial charge >= 0.3 is 0 Å². The topological polar surface area (TPSA) is 32.9 Å². The summed E-state index contributed by atoms with van der Waals surface area (Å²) in [5.74, 6) is 0. The number of pyridine rings is 1. The highest BCUT2D eigenvalue weighted by Gasteiger charge is 1.97. The van der Waals surface area contributed by atoms with Crippen LogP contribution in [0.3, 0.4) is 0 Å². The minimum Gasteiger partial charge on any atom is -0.328 e. The molecule has 1 aromatic heterocycles. The lowest BCUT2D eigenvalue weighted by Crippen LogP contribution is -2.01. The van der Waals surface area contributed by atoms with Crippen LogP contribution in [0.4, 0.5) is 0 Å². The Morgan fingerprint density at radius 2 is 1.69 bits per heavy atom. The maximum absolute atomic E-state index is 10.9. The minimum absolute atomic E-state index is 0.0636. The van der Waals surface area contributed by atoms with E-state index in [1.54, 1.807) is 12.3 Å². The first kappa shape index (κ1) is 10.7. The van der Waals surface area contributed by atoms with Crippen molar-refractivity contribution in [2.24, 2.45) is 0 Å². The Hall–Kier alpha value is -1.83. The van der Waals surface area contributed by atoms with Gasteiger partial charge < -0.3 is 4.98 Å².